The van der Waals surface area contributed by atoms with Gasteiger partial charge in [0.2, 0.25) is 0 Å². The number of fused-ring (bicyclic) bond motifs is 1. The predicted molar refractivity (Wildman–Crippen MR) is 67.3 cm³/mol. The molecule has 0 amide bonds. The maximum absolute atomic E-state index is 5.53. The van der Waals surface area contributed by atoms with Crippen LogP contribution in [0.2, 0.25) is 0 Å². The van der Waals surface area contributed by atoms with Gasteiger partial charge in [-0.2, -0.15) is 0 Å². The minimum absolute atomic E-state index is 0.572. The molecule has 1 aromatic heterocycles. The molecule has 2 aromatic rings. The van der Waals surface area contributed by atoms with E-state index in [0.29, 0.717) is 5.25 Å². The average Bonchev–Trinajstić information content (AvgIpc) is 2.59. The second-order valence-corrected chi connectivity index (χ2v) is 5.21. The Morgan fingerprint density at radius 2 is 2.20 bits per heavy atom. The first-order chi connectivity index (χ1) is 7.29. The molecule has 0 bridgehead atoms. The Kier molecular flexibility index (Phi) is 3.34. The first kappa shape index (κ1) is 10.6. The van der Waals surface area contributed by atoms with Gasteiger partial charge in [0.25, 0.3) is 0 Å². The van der Waals surface area contributed by atoms with Gasteiger partial charge >= 0.3 is 0 Å². The third-order valence-electron chi connectivity index (χ3n) is 2.41. The summed E-state index contributed by atoms with van der Waals surface area (Å²) in [6.45, 7) is 2.97. The van der Waals surface area contributed by atoms with Crippen molar-refractivity contribution >= 4 is 22.7 Å². The van der Waals surface area contributed by atoms with Gasteiger partial charge < -0.3 is 10.7 Å². The van der Waals surface area contributed by atoms with Crippen LogP contribution in [0.5, 0.6) is 0 Å². The number of benzene rings is 1. The van der Waals surface area contributed by atoms with Crippen LogP contribution in [0.25, 0.3) is 10.9 Å². The molecule has 3 heteroatoms. The molecule has 80 valence electrons. The third-order valence-corrected chi connectivity index (χ3v) is 3.52. The number of rotatable bonds is 4. The Morgan fingerprint density at radius 1 is 1.40 bits per heavy atom. The summed E-state index contributed by atoms with van der Waals surface area (Å²) < 4.78 is 0. The molecule has 0 spiro atoms. The summed E-state index contributed by atoms with van der Waals surface area (Å²) in [5, 5.41) is 3.08. The van der Waals surface area contributed by atoms with Crippen LogP contribution in [0.4, 0.5) is 0 Å². The number of thioether (sulfide) groups is 1. The largest absolute Gasteiger partial charge is 0.350 e. The summed E-state index contributed by atoms with van der Waals surface area (Å²) in [5.74, 6) is 0. The smallest absolute Gasteiger partial charge is 0.0735 e. The number of aromatic amines is 1. The normalized spacial score (nSPS) is 13.2. The summed E-state index contributed by atoms with van der Waals surface area (Å²) in [6, 6.07) is 10.5. The highest BCUT2D eigenvalue weighted by atomic mass is 32.2. The molecule has 3 N–H and O–H groups in total. The van der Waals surface area contributed by atoms with Crippen LogP contribution in [-0.2, 0) is 0 Å². The van der Waals surface area contributed by atoms with E-state index in [-0.39, 0.29) is 0 Å². The van der Waals surface area contributed by atoms with Gasteiger partial charge in [-0.05, 0) is 25.1 Å². The second-order valence-electron chi connectivity index (χ2n) is 3.73. The van der Waals surface area contributed by atoms with Crippen molar-refractivity contribution in [3.8, 4) is 0 Å². The van der Waals surface area contributed by atoms with Crippen molar-refractivity contribution in [3.05, 3.63) is 30.3 Å². The fourth-order valence-corrected chi connectivity index (χ4v) is 2.67. The predicted octanol–water partition coefficient (Wildman–Crippen LogP) is 3.00. The van der Waals surface area contributed by atoms with Gasteiger partial charge in [-0.25, -0.2) is 0 Å². The van der Waals surface area contributed by atoms with Crippen LogP contribution in [0.15, 0.2) is 35.4 Å². The average molecular weight is 220 g/mol. The van der Waals surface area contributed by atoms with Crippen LogP contribution in [0.1, 0.15) is 13.3 Å². The summed E-state index contributed by atoms with van der Waals surface area (Å²) in [5.41, 5.74) is 6.74. The van der Waals surface area contributed by atoms with Crippen molar-refractivity contribution in [1.82, 2.24) is 4.98 Å². The van der Waals surface area contributed by atoms with E-state index in [1.54, 1.807) is 0 Å². The zero-order valence-corrected chi connectivity index (χ0v) is 9.68. The summed E-state index contributed by atoms with van der Waals surface area (Å²) in [6.07, 6.45) is 1.06. The molecule has 0 saturated carbocycles. The van der Waals surface area contributed by atoms with Crippen LogP contribution < -0.4 is 5.73 Å². The Balaban J connectivity index is 2.15. The molecule has 1 atom stereocenters. The molecule has 0 aliphatic carbocycles. The van der Waals surface area contributed by atoms with E-state index < -0.39 is 0 Å². The van der Waals surface area contributed by atoms with Crippen LogP contribution >= 0.6 is 11.8 Å². The number of para-hydroxylation sites is 1. The first-order valence-electron chi connectivity index (χ1n) is 5.24. The molecule has 1 heterocycles. The third kappa shape index (κ3) is 2.55. The maximum atomic E-state index is 5.53. The lowest BCUT2D eigenvalue weighted by Crippen LogP contribution is -2.06. The van der Waals surface area contributed by atoms with E-state index in [9.17, 15) is 0 Å². The Hall–Kier alpha value is -0.930. The van der Waals surface area contributed by atoms with E-state index in [4.69, 9.17) is 5.73 Å². The molecule has 1 unspecified atom stereocenters. The van der Waals surface area contributed by atoms with Crippen molar-refractivity contribution in [2.75, 3.05) is 6.54 Å². The van der Waals surface area contributed by atoms with Gasteiger partial charge in [-0.15, -0.1) is 11.8 Å². The van der Waals surface area contributed by atoms with Gasteiger partial charge in [0.15, 0.2) is 0 Å². The summed E-state index contributed by atoms with van der Waals surface area (Å²) >= 11 is 1.86. The summed E-state index contributed by atoms with van der Waals surface area (Å²) in [7, 11) is 0. The van der Waals surface area contributed by atoms with Crippen LogP contribution in [-0.4, -0.2) is 16.8 Å². The zero-order valence-electron chi connectivity index (χ0n) is 8.86. The van der Waals surface area contributed by atoms with E-state index in [1.165, 1.54) is 15.9 Å². The molecular weight excluding hydrogens is 204 g/mol. The lowest BCUT2D eigenvalue weighted by Gasteiger charge is -2.06. The lowest BCUT2D eigenvalue weighted by atomic mass is 10.3. The summed E-state index contributed by atoms with van der Waals surface area (Å²) in [4.78, 5) is 3.41. The van der Waals surface area contributed by atoms with Gasteiger partial charge in [0.05, 0.1) is 5.03 Å². The van der Waals surface area contributed by atoms with Gasteiger partial charge in [-0.3, -0.25) is 0 Å². The first-order valence-corrected chi connectivity index (χ1v) is 6.12. The Bertz CT molecular complexity index is 403. The number of hydrogen-bond donors (Lipinski definition) is 2. The number of H-pyrrole nitrogens is 1. The van der Waals surface area contributed by atoms with Crippen LogP contribution in [0.3, 0.4) is 0 Å². The molecule has 0 fully saturated rings. The minimum atomic E-state index is 0.572. The molecular formula is C12H16N2S. The minimum Gasteiger partial charge on any atom is -0.350 e. The molecule has 15 heavy (non-hydrogen) atoms. The van der Waals surface area contributed by atoms with Gasteiger partial charge in [0, 0.05) is 16.2 Å². The molecule has 0 saturated heterocycles. The highest BCUT2D eigenvalue weighted by Crippen LogP contribution is 2.27. The van der Waals surface area contributed by atoms with Crippen molar-refractivity contribution in [2.45, 2.75) is 23.6 Å². The number of nitrogens with one attached hydrogen (secondary N) is 1. The van der Waals surface area contributed by atoms with E-state index >= 15 is 0 Å². The SMILES string of the molecule is CC(CCN)Sc1cc2ccccc2[nH]1. The van der Waals surface area contributed by atoms with Crippen LogP contribution in [0, 0.1) is 0 Å². The highest BCUT2D eigenvalue weighted by Gasteiger charge is 2.05. The zero-order chi connectivity index (χ0) is 10.7. The topological polar surface area (TPSA) is 41.8 Å². The highest BCUT2D eigenvalue weighted by molar-refractivity contribution is 7.99. The molecule has 2 nitrogen and oxygen atoms in total. The van der Waals surface area contributed by atoms with E-state index in [1.807, 2.05) is 11.8 Å². The standard InChI is InChI=1S/C12H16N2S/c1-9(6-7-13)15-12-8-10-4-2-3-5-11(10)14-12/h2-5,8-9,14H,6-7,13H2,1H3. The Morgan fingerprint density at radius 3 is 2.93 bits per heavy atom. The number of aromatic nitrogens is 1. The number of hydrogen-bond acceptors (Lipinski definition) is 2. The van der Waals surface area contributed by atoms with E-state index in [2.05, 4.69) is 42.2 Å². The molecule has 0 aliphatic heterocycles. The van der Waals surface area contributed by atoms with Crippen molar-refractivity contribution in [3.63, 3.8) is 0 Å². The van der Waals surface area contributed by atoms with Crippen molar-refractivity contribution in [2.24, 2.45) is 5.73 Å². The monoisotopic (exact) mass is 220 g/mol. The lowest BCUT2D eigenvalue weighted by molar-refractivity contribution is 0.822. The Labute approximate surface area is 94.2 Å². The fraction of sp³-hybridized carbons (Fsp3) is 0.333. The van der Waals surface area contributed by atoms with Gasteiger partial charge in [0.1, 0.15) is 0 Å². The van der Waals surface area contributed by atoms with Crippen molar-refractivity contribution in [1.29, 1.82) is 0 Å². The molecule has 1 aromatic carbocycles. The van der Waals surface area contributed by atoms with Crippen molar-refractivity contribution < 1.29 is 0 Å². The molecule has 0 aliphatic rings. The van der Waals surface area contributed by atoms with Gasteiger partial charge in [-0.1, -0.05) is 25.1 Å². The fourth-order valence-electron chi connectivity index (χ4n) is 1.62. The number of nitrogens with two attached hydrogens (primary N) is 1. The molecule has 2 rings (SSSR count). The maximum Gasteiger partial charge on any atom is 0.0735 e. The quantitative estimate of drug-likeness (QED) is 0.778. The second kappa shape index (κ2) is 4.73. The van der Waals surface area contributed by atoms with E-state index in [0.717, 1.165) is 13.0 Å². The molecule has 0 radical (unpaired) electrons.